The highest BCUT2D eigenvalue weighted by atomic mass is 16.1. The number of amides is 1. The first kappa shape index (κ1) is 10.6. The minimum absolute atomic E-state index is 0.0673. The smallest absolute Gasteiger partial charge is 0.253 e. The monoisotopic (exact) mass is 193 g/mol. The molecule has 0 aliphatic heterocycles. The maximum atomic E-state index is 11.6. The van der Waals surface area contributed by atoms with Crippen LogP contribution in [0.2, 0.25) is 0 Å². The summed E-state index contributed by atoms with van der Waals surface area (Å²) in [6, 6.07) is 1.76. The van der Waals surface area contributed by atoms with Crippen molar-refractivity contribution in [2.45, 2.75) is 27.2 Å². The van der Waals surface area contributed by atoms with Crippen molar-refractivity contribution in [2.75, 3.05) is 6.54 Å². The summed E-state index contributed by atoms with van der Waals surface area (Å²) in [6.07, 6.45) is 0.933. The summed E-state index contributed by atoms with van der Waals surface area (Å²) >= 11 is 0. The number of nitrogens with one attached hydrogen (secondary N) is 1. The van der Waals surface area contributed by atoms with Gasteiger partial charge in [0.1, 0.15) is 0 Å². The van der Waals surface area contributed by atoms with Crippen LogP contribution in [0.1, 0.15) is 35.1 Å². The number of aromatic nitrogens is 2. The Morgan fingerprint density at radius 3 is 2.79 bits per heavy atom. The van der Waals surface area contributed by atoms with E-state index < -0.39 is 0 Å². The second-order valence-electron chi connectivity index (χ2n) is 3.24. The first-order valence-electron chi connectivity index (χ1n) is 4.74. The van der Waals surface area contributed by atoms with Gasteiger partial charge in [0.25, 0.3) is 5.91 Å². The van der Waals surface area contributed by atoms with Gasteiger partial charge in [0.15, 0.2) is 0 Å². The lowest BCUT2D eigenvalue weighted by Gasteiger charge is -2.05. The van der Waals surface area contributed by atoms with Crippen molar-refractivity contribution in [1.82, 2.24) is 15.5 Å². The summed E-state index contributed by atoms with van der Waals surface area (Å²) in [5, 5.41) is 10.6. The van der Waals surface area contributed by atoms with Crippen LogP contribution in [0, 0.1) is 13.8 Å². The van der Waals surface area contributed by atoms with Crippen molar-refractivity contribution in [3.63, 3.8) is 0 Å². The predicted octanol–water partition coefficient (Wildman–Crippen LogP) is 1.23. The Kier molecular flexibility index (Phi) is 3.56. The van der Waals surface area contributed by atoms with Crippen LogP contribution in [-0.4, -0.2) is 22.6 Å². The van der Waals surface area contributed by atoms with Crippen LogP contribution in [0.25, 0.3) is 0 Å². The molecule has 0 aromatic carbocycles. The third-order valence-electron chi connectivity index (χ3n) is 1.88. The fourth-order valence-corrected chi connectivity index (χ4v) is 1.11. The van der Waals surface area contributed by atoms with E-state index in [0.717, 1.165) is 12.1 Å². The first-order valence-corrected chi connectivity index (χ1v) is 4.74. The number of aryl methyl sites for hydroxylation is 2. The van der Waals surface area contributed by atoms with E-state index >= 15 is 0 Å². The van der Waals surface area contributed by atoms with Gasteiger partial charge in [-0.15, -0.1) is 0 Å². The predicted molar refractivity (Wildman–Crippen MR) is 54.1 cm³/mol. The molecule has 1 rings (SSSR count). The number of hydrogen-bond acceptors (Lipinski definition) is 3. The van der Waals surface area contributed by atoms with E-state index in [4.69, 9.17) is 0 Å². The highest BCUT2D eigenvalue weighted by molar-refractivity contribution is 5.95. The van der Waals surface area contributed by atoms with Gasteiger partial charge >= 0.3 is 0 Å². The molecule has 0 spiro atoms. The molecule has 76 valence electrons. The van der Waals surface area contributed by atoms with Gasteiger partial charge in [-0.05, 0) is 26.3 Å². The first-order chi connectivity index (χ1) is 6.65. The Balaban J connectivity index is 2.83. The maximum Gasteiger partial charge on any atom is 0.253 e. The normalized spacial score (nSPS) is 9.93. The molecular weight excluding hydrogens is 178 g/mol. The van der Waals surface area contributed by atoms with Crippen molar-refractivity contribution in [1.29, 1.82) is 0 Å². The van der Waals surface area contributed by atoms with E-state index in [2.05, 4.69) is 15.5 Å². The van der Waals surface area contributed by atoms with E-state index in [-0.39, 0.29) is 5.91 Å². The van der Waals surface area contributed by atoms with Crippen LogP contribution in [0.15, 0.2) is 6.07 Å². The minimum Gasteiger partial charge on any atom is -0.352 e. The zero-order chi connectivity index (χ0) is 10.6. The molecule has 0 bridgehead atoms. The summed E-state index contributed by atoms with van der Waals surface area (Å²) in [5.74, 6) is -0.0673. The average Bonchev–Trinajstić information content (AvgIpc) is 2.18. The highest BCUT2D eigenvalue weighted by Crippen LogP contribution is 2.04. The third kappa shape index (κ3) is 2.52. The lowest BCUT2D eigenvalue weighted by molar-refractivity contribution is 0.0952. The molecule has 4 heteroatoms. The van der Waals surface area contributed by atoms with Crippen LogP contribution in [0.4, 0.5) is 0 Å². The Bertz CT molecular complexity index is 336. The number of carbonyl (C=O) groups excluding carboxylic acids is 1. The zero-order valence-corrected chi connectivity index (χ0v) is 8.79. The maximum absolute atomic E-state index is 11.6. The van der Waals surface area contributed by atoms with Crippen molar-refractivity contribution < 1.29 is 4.79 Å². The SMILES string of the molecule is CCCNC(=O)c1cc(C)nnc1C. The summed E-state index contributed by atoms with van der Waals surface area (Å²) < 4.78 is 0. The van der Waals surface area contributed by atoms with E-state index in [1.807, 2.05) is 13.8 Å². The summed E-state index contributed by atoms with van der Waals surface area (Å²) in [5.41, 5.74) is 2.05. The quantitative estimate of drug-likeness (QED) is 0.785. The van der Waals surface area contributed by atoms with Gasteiger partial charge in [-0.25, -0.2) is 0 Å². The zero-order valence-electron chi connectivity index (χ0n) is 8.79. The molecule has 1 aromatic heterocycles. The Morgan fingerprint density at radius 1 is 1.43 bits per heavy atom. The summed E-state index contributed by atoms with van der Waals surface area (Å²) in [7, 11) is 0. The largest absolute Gasteiger partial charge is 0.352 e. The third-order valence-corrected chi connectivity index (χ3v) is 1.88. The molecule has 1 amide bonds. The van der Waals surface area contributed by atoms with Gasteiger partial charge in [-0.1, -0.05) is 6.92 Å². The molecular formula is C10H15N3O. The second-order valence-corrected chi connectivity index (χ2v) is 3.24. The van der Waals surface area contributed by atoms with Crippen LogP contribution in [-0.2, 0) is 0 Å². The Morgan fingerprint density at radius 2 is 2.14 bits per heavy atom. The van der Waals surface area contributed by atoms with Crippen molar-refractivity contribution in [3.05, 3.63) is 23.0 Å². The number of rotatable bonds is 3. The average molecular weight is 193 g/mol. The van der Waals surface area contributed by atoms with E-state index in [0.29, 0.717) is 17.8 Å². The van der Waals surface area contributed by atoms with Gasteiger partial charge in [0.05, 0.1) is 17.0 Å². The van der Waals surface area contributed by atoms with E-state index in [1.54, 1.807) is 13.0 Å². The van der Waals surface area contributed by atoms with Crippen LogP contribution in [0.5, 0.6) is 0 Å². The van der Waals surface area contributed by atoms with Crippen molar-refractivity contribution in [3.8, 4) is 0 Å². The molecule has 4 nitrogen and oxygen atoms in total. The van der Waals surface area contributed by atoms with Crippen molar-refractivity contribution in [2.24, 2.45) is 0 Å². The molecule has 1 heterocycles. The molecule has 0 atom stereocenters. The fourth-order valence-electron chi connectivity index (χ4n) is 1.11. The molecule has 14 heavy (non-hydrogen) atoms. The van der Waals surface area contributed by atoms with E-state index in [9.17, 15) is 4.79 Å². The molecule has 0 unspecified atom stereocenters. The number of hydrogen-bond donors (Lipinski definition) is 1. The van der Waals surface area contributed by atoms with Crippen LogP contribution < -0.4 is 5.32 Å². The fraction of sp³-hybridized carbons (Fsp3) is 0.500. The molecule has 0 saturated heterocycles. The minimum atomic E-state index is -0.0673. The number of nitrogens with zero attached hydrogens (tertiary/aromatic N) is 2. The summed E-state index contributed by atoms with van der Waals surface area (Å²) in [6.45, 7) is 6.32. The Hall–Kier alpha value is -1.45. The molecule has 1 N–H and O–H groups in total. The summed E-state index contributed by atoms with van der Waals surface area (Å²) in [4.78, 5) is 11.6. The lowest BCUT2D eigenvalue weighted by atomic mass is 10.2. The number of carbonyl (C=O) groups is 1. The molecule has 0 aliphatic rings. The van der Waals surface area contributed by atoms with Gasteiger partial charge in [-0.2, -0.15) is 10.2 Å². The highest BCUT2D eigenvalue weighted by Gasteiger charge is 2.09. The van der Waals surface area contributed by atoms with Gasteiger partial charge in [0.2, 0.25) is 0 Å². The molecule has 1 aromatic rings. The molecule has 0 aliphatic carbocycles. The van der Waals surface area contributed by atoms with Crippen LogP contribution >= 0.6 is 0 Å². The molecule has 0 radical (unpaired) electrons. The van der Waals surface area contributed by atoms with Gasteiger partial charge in [-0.3, -0.25) is 4.79 Å². The van der Waals surface area contributed by atoms with Crippen LogP contribution in [0.3, 0.4) is 0 Å². The molecule has 0 saturated carbocycles. The van der Waals surface area contributed by atoms with E-state index in [1.165, 1.54) is 0 Å². The standard InChI is InChI=1S/C10H15N3O/c1-4-5-11-10(14)9-6-7(2)12-13-8(9)3/h6H,4-5H2,1-3H3,(H,11,14). The lowest BCUT2D eigenvalue weighted by Crippen LogP contribution is -2.25. The topological polar surface area (TPSA) is 54.9 Å². The van der Waals surface area contributed by atoms with Crippen molar-refractivity contribution >= 4 is 5.91 Å². The van der Waals surface area contributed by atoms with Gasteiger partial charge in [0, 0.05) is 6.54 Å². The second kappa shape index (κ2) is 4.69. The Labute approximate surface area is 83.7 Å². The van der Waals surface area contributed by atoms with Gasteiger partial charge < -0.3 is 5.32 Å². The molecule has 0 fully saturated rings.